The fourth-order valence-electron chi connectivity index (χ4n) is 3.02. The smallest absolute Gasteiger partial charge is 0.128 e. The van der Waals surface area contributed by atoms with Crippen molar-refractivity contribution in [3.63, 3.8) is 0 Å². The van der Waals surface area contributed by atoms with E-state index in [2.05, 4.69) is 51.4 Å². The summed E-state index contributed by atoms with van der Waals surface area (Å²) in [4.78, 5) is 14.2. The van der Waals surface area contributed by atoms with Crippen molar-refractivity contribution in [1.82, 2.24) is 15.0 Å². The van der Waals surface area contributed by atoms with E-state index in [1.165, 1.54) is 16.5 Å². The van der Waals surface area contributed by atoms with Gasteiger partial charge < -0.3 is 9.88 Å². The van der Waals surface area contributed by atoms with Crippen molar-refractivity contribution in [3.8, 4) is 22.4 Å². The first-order valence-corrected chi connectivity index (χ1v) is 8.30. The van der Waals surface area contributed by atoms with E-state index in [0.29, 0.717) is 0 Å². The highest BCUT2D eigenvalue weighted by molar-refractivity contribution is 5.89. The van der Waals surface area contributed by atoms with Crippen LogP contribution in [-0.2, 0) is 0 Å². The Morgan fingerprint density at radius 3 is 2.36 bits per heavy atom. The summed E-state index contributed by atoms with van der Waals surface area (Å²) in [6.45, 7) is 2.01. The summed E-state index contributed by atoms with van der Waals surface area (Å²) in [5.41, 5.74) is 6.78. The van der Waals surface area contributed by atoms with Crippen LogP contribution in [0.2, 0.25) is 0 Å². The van der Waals surface area contributed by atoms with Crippen LogP contribution in [-0.4, -0.2) is 29.0 Å². The fraction of sp³-hybridized carbons (Fsp3) is 0.143. The molecule has 1 aromatic carbocycles. The highest BCUT2D eigenvalue weighted by atomic mass is 15.1. The number of aryl methyl sites for hydroxylation is 1. The third-order valence-corrected chi connectivity index (χ3v) is 4.37. The quantitative estimate of drug-likeness (QED) is 0.594. The monoisotopic (exact) mass is 328 g/mol. The van der Waals surface area contributed by atoms with Gasteiger partial charge in [-0.2, -0.15) is 0 Å². The molecule has 0 saturated heterocycles. The lowest BCUT2D eigenvalue weighted by molar-refractivity contribution is 1.07. The molecule has 0 bridgehead atoms. The van der Waals surface area contributed by atoms with Gasteiger partial charge in [0.15, 0.2) is 0 Å². The number of rotatable bonds is 3. The van der Waals surface area contributed by atoms with Crippen molar-refractivity contribution in [2.24, 2.45) is 0 Å². The third kappa shape index (κ3) is 2.98. The molecular formula is C21H20N4. The maximum absolute atomic E-state index is 4.39. The van der Waals surface area contributed by atoms with E-state index in [1.54, 1.807) is 0 Å². The molecule has 0 aliphatic carbocycles. The van der Waals surface area contributed by atoms with Crippen molar-refractivity contribution in [3.05, 3.63) is 66.6 Å². The Morgan fingerprint density at radius 1 is 0.800 bits per heavy atom. The number of fused-ring (bicyclic) bond motifs is 1. The highest BCUT2D eigenvalue weighted by Crippen LogP contribution is 2.29. The zero-order valence-electron chi connectivity index (χ0n) is 14.6. The van der Waals surface area contributed by atoms with Crippen LogP contribution in [0.5, 0.6) is 0 Å². The molecule has 4 aromatic rings. The number of aromatic amines is 1. The number of aromatic nitrogens is 3. The molecule has 0 saturated carbocycles. The second kappa shape index (κ2) is 6.06. The summed E-state index contributed by atoms with van der Waals surface area (Å²) in [7, 11) is 4.01. The zero-order chi connectivity index (χ0) is 17.4. The van der Waals surface area contributed by atoms with Gasteiger partial charge in [0.05, 0.1) is 0 Å². The standard InChI is InChI=1S/C21H20N4/c1-14-10-17(7-8-22-14)20-12-18-11-15(4-5-19(18)24-20)16-6-9-23-21(13-16)25(2)3/h4-13,24H,1-3H3. The van der Waals surface area contributed by atoms with Gasteiger partial charge in [-0.1, -0.05) is 6.07 Å². The molecule has 0 atom stereocenters. The molecule has 0 aliphatic heterocycles. The molecule has 124 valence electrons. The van der Waals surface area contributed by atoms with Gasteiger partial charge >= 0.3 is 0 Å². The molecule has 0 aliphatic rings. The van der Waals surface area contributed by atoms with E-state index in [1.807, 2.05) is 50.4 Å². The predicted octanol–water partition coefficient (Wildman–Crippen LogP) is 4.67. The largest absolute Gasteiger partial charge is 0.363 e. The van der Waals surface area contributed by atoms with Crippen LogP contribution >= 0.6 is 0 Å². The Bertz CT molecular complexity index is 1050. The molecule has 25 heavy (non-hydrogen) atoms. The number of nitrogens with zero attached hydrogens (tertiary/aromatic N) is 3. The van der Waals surface area contributed by atoms with Crippen LogP contribution in [0, 0.1) is 6.92 Å². The normalized spacial score (nSPS) is 11.0. The molecule has 4 nitrogen and oxygen atoms in total. The Morgan fingerprint density at radius 2 is 1.56 bits per heavy atom. The molecule has 0 fully saturated rings. The number of H-pyrrole nitrogens is 1. The predicted molar refractivity (Wildman–Crippen MR) is 104 cm³/mol. The average molecular weight is 328 g/mol. The topological polar surface area (TPSA) is 44.8 Å². The molecule has 1 N–H and O–H groups in total. The molecular weight excluding hydrogens is 308 g/mol. The summed E-state index contributed by atoms with van der Waals surface area (Å²) in [5.74, 6) is 0.958. The van der Waals surface area contributed by atoms with Gasteiger partial charge in [-0.15, -0.1) is 0 Å². The van der Waals surface area contributed by atoms with E-state index in [4.69, 9.17) is 0 Å². The van der Waals surface area contributed by atoms with Gasteiger partial charge in [0.25, 0.3) is 0 Å². The van der Waals surface area contributed by atoms with Crippen molar-refractivity contribution < 1.29 is 0 Å². The van der Waals surface area contributed by atoms with E-state index >= 15 is 0 Å². The molecule has 4 rings (SSSR count). The average Bonchev–Trinajstić information content (AvgIpc) is 3.05. The van der Waals surface area contributed by atoms with Crippen LogP contribution in [0.3, 0.4) is 0 Å². The van der Waals surface area contributed by atoms with Crippen LogP contribution < -0.4 is 4.90 Å². The molecule has 3 heterocycles. The van der Waals surface area contributed by atoms with E-state index in [-0.39, 0.29) is 0 Å². The number of hydrogen-bond acceptors (Lipinski definition) is 3. The lowest BCUT2D eigenvalue weighted by Crippen LogP contribution is -2.10. The molecule has 3 aromatic heterocycles. The highest BCUT2D eigenvalue weighted by Gasteiger charge is 2.07. The first-order chi connectivity index (χ1) is 12.1. The van der Waals surface area contributed by atoms with Gasteiger partial charge in [0, 0.05) is 54.3 Å². The lowest BCUT2D eigenvalue weighted by atomic mass is 10.0. The Hall–Kier alpha value is -3.14. The van der Waals surface area contributed by atoms with Crippen molar-refractivity contribution >= 4 is 16.7 Å². The van der Waals surface area contributed by atoms with Crippen LogP contribution in [0.25, 0.3) is 33.3 Å². The Labute approximate surface area is 147 Å². The summed E-state index contributed by atoms with van der Waals surface area (Å²) in [5, 5.41) is 1.20. The van der Waals surface area contributed by atoms with Gasteiger partial charge in [-0.25, -0.2) is 4.98 Å². The second-order valence-electron chi connectivity index (χ2n) is 6.47. The number of anilines is 1. The number of pyridine rings is 2. The molecule has 0 amide bonds. The van der Waals surface area contributed by atoms with Gasteiger partial charge in [-0.05, 0) is 60.5 Å². The second-order valence-corrected chi connectivity index (χ2v) is 6.47. The first kappa shape index (κ1) is 15.4. The minimum atomic E-state index is 0.958. The van der Waals surface area contributed by atoms with Crippen molar-refractivity contribution in [2.45, 2.75) is 6.92 Å². The Balaban J connectivity index is 1.77. The zero-order valence-corrected chi connectivity index (χ0v) is 14.6. The van der Waals surface area contributed by atoms with Gasteiger partial charge in [0.2, 0.25) is 0 Å². The van der Waals surface area contributed by atoms with Gasteiger partial charge in [0.1, 0.15) is 5.82 Å². The van der Waals surface area contributed by atoms with Crippen molar-refractivity contribution in [1.29, 1.82) is 0 Å². The van der Waals surface area contributed by atoms with Crippen LogP contribution in [0.1, 0.15) is 5.69 Å². The minimum Gasteiger partial charge on any atom is -0.363 e. The molecule has 0 unspecified atom stereocenters. The molecule has 0 spiro atoms. The van der Waals surface area contributed by atoms with Gasteiger partial charge in [-0.3, -0.25) is 4.98 Å². The maximum atomic E-state index is 4.39. The van der Waals surface area contributed by atoms with E-state index < -0.39 is 0 Å². The fourth-order valence-corrected chi connectivity index (χ4v) is 3.02. The Kier molecular flexibility index (Phi) is 3.73. The minimum absolute atomic E-state index is 0.958. The number of nitrogens with one attached hydrogen (secondary N) is 1. The maximum Gasteiger partial charge on any atom is 0.128 e. The molecule has 4 heteroatoms. The number of benzene rings is 1. The SMILES string of the molecule is Cc1cc(-c2cc3cc(-c4ccnc(N(C)C)c4)ccc3[nH]2)ccn1. The summed E-state index contributed by atoms with van der Waals surface area (Å²) >= 11 is 0. The van der Waals surface area contributed by atoms with E-state index in [0.717, 1.165) is 28.3 Å². The van der Waals surface area contributed by atoms with E-state index in [9.17, 15) is 0 Å². The lowest BCUT2D eigenvalue weighted by Gasteiger charge is -2.12. The summed E-state index contributed by atoms with van der Waals surface area (Å²) < 4.78 is 0. The van der Waals surface area contributed by atoms with Crippen LogP contribution in [0.15, 0.2) is 60.9 Å². The third-order valence-electron chi connectivity index (χ3n) is 4.37. The number of hydrogen-bond donors (Lipinski definition) is 1. The van der Waals surface area contributed by atoms with Crippen molar-refractivity contribution in [2.75, 3.05) is 19.0 Å². The molecule has 0 radical (unpaired) electrons. The summed E-state index contributed by atoms with van der Waals surface area (Å²) in [6, 6.07) is 17.0. The first-order valence-electron chi connectivity index (χ1n) is 8.30. The van der Waals surface area contributed by atoms with Crippen LogP contribution in [0.4, 0.5) is 5.82 Å². The summed E-state index contributed by atoms with van der Waals surface area (Å²) in [6.07, 6.45) is 3.71.